The van der Waals surface area contributed by atoms with E-state index in [0.717, 1.165) is 22.3 Å². The number of carbonyl (C=O) groups excluding carboxylic acids is 1. The van der Waals surface area contributed by atoms with Crippen LogP contribution in [0.15, 0.2) is 60.7 Å². The van der Waals surface area contributed by atoms with Crippen LogP contribution in [0.2, 0.25) is 0 Å². The van der Waals surface area contributed by atoms with Crippen LogP contribution in [-0.2, 0) is 4.74 Å². The number of nitrogens with two attached hydrogens (primary N) is 1. The van der Waals surface area contributed by atoms with E-state index in [1.54, 1.807) is 19.1 Å². The molecule has 1 amide bonds. The lowest BCUT2D eigenvalue weighted by atomic mass is 9.98. The molecule has 5 N–H and O–H groups in total. The Morgan fingerprint density at radius 3 is 2.29 bits per heavy atom. The standard InChI is InChI=1S/C24H25N3O4/c1-14-20(25)10-11-21(27-14)23(29)22(28)12-26-24(30)31-13-19-17-8-4-2-6-15(17)16-7-3-5-9-18(16)19/h2-11,19,22-23,28-29H,12-13,25H2,1H3,(H,26,30). The van der Waals surface area contributed by atoms with Gasteiger partial charge in [-0.25, -0.2) is 4.79 Å². The number of rotatable bonds is 6. The number of nitrogen functional groups attached to an aromatic ring is 1. The Morgan fingerprint density at radius 1 is 1.06 bits per heavy atom. The molecular weight excluding hydrogens is 394 g/mol. The number of anilines is 1. The minimum Gasteiger partial charge on any atom is -0.449 e. The topological polar surface area (TPSA) is 118 Å². The van der Waals surface area contributed by atoms with Gasteiger partial charge in [-0.15, -0.1) is 0 Å². The van der Waals surface area contributed by atoms with Crippen LogP contribution in [0, 0.1) is 6.92 Å². The predicted molar refractivity (Wildman–Crippen MR) is 117 cm³/mol. The Balaban J connectivity index is 1.34. The van der Waals surface area contributed by atoms with Gasteiger partial charge in [-0.2, -0.15) is 0 Å². The Hall–Kier alpha value is -3.42. The largest absolute Gasteiger partial charge is 0.449 e. The minimum absolute atomic E-state index is 0.0457. The summed E-state index contributed by atoms with van der Waals surface area (Å²) in [7, 11) is 0. The van der Waals surface area contributed by atoms with Crippen LogP contribution in [0.25, 0.3) is 11.1 Å². The van der Waals surface area contributed by atoms with Crippen LogP contribution in [0.5, 0.6) is 0 Å². The second-order valence-electron chi connectivity index (χ2n) is 7.63. The van der Waals surface area contributed by atoms with E-state index in [0.29, 0.717) is 11.4 Å². The number of aromatic nitrogens is 1. The van der Waals surface area contributed by atoms with E-state index in [9.17, 15) is 15.0 Å². The third-order valence-corrected chi connectivity index (χ3v) is 5.61. The fourth-order valence-electron chi connectivity index (χ4n) is 3.90. The van der Waals surface area contributed by atoms with Gasteiger partial charge in [0.15, 0.2) is 0 Å². The fraction of sp³-hybridized carbons (Fsp3) is 0.250. The van der Waals surface area contributed by atoms with Crippen molar-refractivity contribution >= 4 is 11.8 Å². The molecule has 0 radical (unpaired) electrons. The zero-order chi connectivity index (χ0) is 22.0. The highest BCUT2D eigenvalue weighted by Gasteiger charge is 2.29. The highest BCUT2D eigenvalue weighted by Crippen LogP contribution is 2.44. The highest BCUT2D eigenvalue weighted by molar-refractivity contribution is 5.79. The van der Waals surface area contributed by atoms with Crippen molar-refractivity contribution in [2.45, 2.75) is 25.0 Å². The first-order valence-electron chi connectivity index (χ1n) is 10.1. The number of nitrogens with one attached hydrogen (secondary N) is 1. The number of nitrogens with zero attached hydrogens (tertiary/aromatic N) is 1. The average Bonchev–Trinajstić information content (AvgIpc) is 3.11. The van der Waals surface area contributed by atoms with E-state index in [4.69, 9.17) is 10.5 Å². The second-order valence-corrected chi connectivity index (χ2v) is 7.63. The van der Waals surface area contributed by atoms with Crippen LogP contribution in [-0.4, -0.2) is 40.5 Å². The first-order valence-corrected chi connectivity index (χ1v) is 10.1. The van der Waals surface area contributed by atoms with E-state index < -0.39 is 18.3 Å². The van der Waals surface area contributed by atoms with Gasteiger partial charge in [0.2, 0.25) is 0 Å². The first kappa shape index (κ1) is 20.8. The first-order chi connectivity index (χ1) is 15.0. The fourth-order valence-corrected chi connectivity index (χ4v) is 3.90. The maximum Gasteiger partial charge on any atom is 0.407 e. The molecule has 31 heavy (non-hydrogen) atoms. The number of amides is 1. The molecule has 1 aliphatic rings. The monoisotopic (exact) mass is 419 g/mol. The van der Waals surface area contributed by atoms with Crippen LogP contribution in [0.1, 0.15) is 34.5 Å². The van der Waals surface area contributed by atoms with Crippen LogP contribution < -0.4 is 11.1 Å². The molecule has 0 saturated heterocycles. The van der Waals surface area contributed by atoms with E-state index in [-0.39, 0.29) is 24.8 Å². The summed E-state index contributed by atoms with van der Waals surface area (Å²) in [4.78, 5) is 16.4. The number of benzene rings is 2. The molecule has 4 rings (SSSR count). The quantitative estimate of drug-likeness (QED) is 0.488. The second kappa shape index (κ2) is 8.75. The van der Waals surface area contributed by atoms with Gasteiger partial charge in [-0.3, -0.25) is 4.98 Å². The van der Waals surface area contributed by atoms with Crippen molar-refractivity contribution in [2.24, 2.45) is 0 Å². The molecule has 0 fully saturated rings. The lowest BCUT2D eigenvalue weighted by molar-refractivity contribution is 0.0160. The number of aryl methyl sites for hydroxylation is 1. The molecule has 1 heterocycles. The van der Waals surface area contributed by atoms with Gasteiger partial charge in [-0.1, -0.05) is 48.5 Å². The van der Waals surface area contributed by atoms with Crippen molar-refractivity contribution in [3.63, 3.8) is 0 Å². The molecule has 0 bridgehead atoms. The Bertz CT molecular complexity index is 1060. The lowest BCUT2D eigenvalue weighted by Crippen LogP contribution is -2.36. The molecule has 0 saturated carbocycles. The van der Waals surface area contributed by atoms with E-state index >= 15 is 0 Å². The van der Waals surface area contributed by atoms with Crippen molar-refractivity contribution in [3.8, 4) is 11.1 Å². The summed E-state index contributed by atoms with van der Waals surface area (Å²) in [6.07, 6.45) is -3.15. The summed E-state index contributed by atoms with van der Waals surface area (Å²) in [5.41, 5.74) is 11.6. The van der Waals surface area contributed by atoms with Crippen molar-refractivity contribution < 1.29 is 19.7 Å². The van der Waals surface area contributed by atoms with Gasteiger partial charge in [0.25, 0.3) is 0 Å². The number of fused-ring (bicyclic) bond motifs is 3. The molecule has 2 atom stereocenters. The number of pyridine rings is 1. The van der Waals surface area contributed by atoms with Gasteiger partial charge in [-0.05, 0) is 41.3 Å². The molecule has 1 aliphatic carbocycles. The lowest BCUT2D eigenvalue weighted by Gasteiger charge is -2.19. The predicted octanol–water partition coefficient (Wildman–Crippen LogP) is 2.91. The maximum atomic E-state index is 12.2. The molecule has 7 heteroatoms. The molecule has 3 aromatic rings. The van der Waals surface area contributed by atoms with Gasteiger partial charge in [0.05, 0.1) is 17.1 Å². The molecule has 7 nitrogen and oxygen atoms in total. The molecule has 160 valence electrons. The molecule has 2 unspecified atom stereocenters. The van der Waals surface area contributed by atoms with Gasteiger partial charge >= 0.3 is 6.09 Å². The number of hydrogen-bond donors (Lipinski definition) is 4. The zero-order valence-electron chi connectivity index (χ0n) is 17.2. The third kappa shape index (κ3) is 4.23. The van der Waals surface area contributed by atoms with Gasteiger partial charge < -0.3 is 26.0 Å². The van der Waals surface area contributed by atoms with Crippen LogP contribution in [0.4, 0.5) is 10.5 Å². The maximum absolute atomic E-state index is 12.2. The molecule has 2 aromatic carbocycles. The number of aliphatic hydroxyl groups is 2. The summed E-state index contributed by atoms with van der Waals surface area (Å²) >= 11 is 0. The Labute approximate surface area is 180 Å². The average molecular weight is 419 g/mol. The SMILES string of the molecule is Cc1nc(C(O)C(O)CNC(=O)OCC2c3ccccc3-c3ccccc32)ccc1N. The molecule has 1 aromatic heterocycles. The number of ether oxygens (including phenoxy) is 1. The Kier molecular flexibility index (Phi) is 5.88. The number of hydrogen-bond acceptors (Lipinski definition) is 6. The van der Waals surface area contributed by atoms with Crippen molar-refractivity contribution in [1.29, 1.82) is 0 Å². The smallest absolute Gasteiger partial charge is 0.407 e. The van der Waals surface area contributed by atoms with Crippen molar-refractivity contribution in [2.75, 3.05) is 18.9 Å². The molecule has 0 spiro atoms. The highest BCUT2D eigenvalue weighted by atomic mass is 16.5. The normalized spacial score (nSPS) is 14.4. The molecule has 0 aliphatic heterocycles. The van der Waals surface area contributed by atoms with Crippen LogP contribution in [0.3, 0.4) is 0 Å². The van der Waals surface area contributed by atoms with Gasteiger partial charge in [0.1, 0.15) is 18.8 Å². The number of carbonyl (C=O) groups is 1. The Morgan fingerprint density at radius 2 is 1.68 bits per heavy atom. The minimum atomic E-state index is -1.26. The summed E-state index contributed by atoms with van der Waals surface area (Å²) in [6, 6.07) is 19.3. The number of aliphatic hydroxyl groups excluding tert-OH is 2. The molecular formula is C24H25N3O4. The van der Waals surface area contributed by atoms with E-state index in [1.807, 2.05) is 36.4 Å². The summed E-state index contributed by atoms with van der Waals surface area (Å²) in [6.45, 7) is 1.72. The van der Waals surface area contributed by atoms with E-state index in [2.05, 4.69) is 22.4 Å². The zero-order valence-corrected chi connectivity index (χ0v) is 17.2. The van der Waals surface area contributed by atoms with Gasteiger partial charge in [0, 0.05) is 12.5 Å². The van der Waals surface area contributed by atoms with Crippen molar-refractivity contribution in [1.82, 2.24) is 10.3 Å². The third-order valence-electron chi connectivity index (χ3n) is 5.61. The summed E-state index contributed by atoms with van der Waals surface area (Å²) < 4.78 is 5.44. The summed E-state index contributed by atoms with van der Waals surface area (Å²) in [5, 5.41) is 23.0. The van der Waals surface area contributed by atoms with Crippen LogP contribution >= 0.6 is 0 Å². The van der Waals surface area contributed by atoms with Crippen molar-refractivity contribution in [3.05, 3.63) is 83.2 Å². The summed E-state index contributed by atoms with van der Waals surface area (Å²) in [5.74, 6) is -0.0457. The van der Waals surface area contributed by atoms with E-state index in [1.165, 1.54) is 0 Å². The number of alkyl carbamates (subject to hydrolysis) is 1.